The van der Waals surface area contributed by atoms with E-state index in [2.05, 4.69) is 5.32 Å². The Morgan fingerprint density at radius 2 is 1.70 bits per heavy atom. The average Bonchev–Trinajstić information content (AvgIpc) is 2.59. The van der Waals surface area contributed by atoms with Gasteiger partial charge in [0, 0.05) is 38.5 Å². The fraction of sp³-hybridized carbons (Fsp3) is 0.529. The molecule has 0 unspecified atom stereocenters. The molecule has 1 fully saturated rings. The Bertz CT molecular complexity index is 543. The Labute approximate surface area is 136 Å². The van der Waals surface area contributed by atoms with Gasteiger partial charge in [0.2, 0.25) is 11.8 Å². The SMILES string of the molecule is COc1cc(CNC(=O)C2CCN(C(C)=O)CC2)cc(OC)c1. The minimum Gasteiger partial charge on any atom is -0.497 e. The van der Waals surface area contributed by atoms with Gasteiger partial charge >= 0.3 is 0 Å². The minimum atomic E-state index is -0.0295. The molecule has 2 rings (SSSR count). The lowest BCUT2D eigenvalue weighted by atomic mass is 9.96. The zero-order valence-corrected chi connectivity index (χ0v) is 13.9. The van der Waals surface area contributed by atoms with Crippen molar-refractivity contribution in [1.82, 2.24) is 10.2 Å². The molecule has 0 aromatic heterocycles. The summed E-state index contributed by atoms with van der Waals surface area (Å²) in [7, 11) is 3.19. The number of nitrogens with one attached hydrogen (secondary N) is 1. The van der Waals surface area contributed by atoms with Crippen LogP contribution in [-0.4, -0.2) is 44.0 Å². The molecule has 2 amide bonds. The van der Waals surface area contributed by atoms with Gasteiger partial charge in [-0.15, -0.1) is 0 Å². The fourth-order valence-corrected chi connectivity index (χ4v) is 2.76. The van der Waals surface area contributed by atoms with Gasteiger partial charge in [-0.1, -0.05) is 0 Å². The first-order valence-corrected chi connectivity index (χ1v) is 7.78. The van der Waals surface area contributed by atoms with Gasteiger partial charge in [-0.05, 0) is 30.5 Å². The van der Waals surface area contributed by atoms with Crippen LogP contribution in [0.2, 0.25) is 0 Å². The summed E-state index contributed by atoms with van der Waals surface area (Å²) in [5.41, 5.74) is 0.927. The fourth-order valence-electron chi connectivity index (χ4n) is 2.76. The highest BCUT2D eigenvalue weighted by Crippen LogP contribution is 2.23. The molecule has 1 aliphatic rings. The summed E-state index contributed by atoms with van der Waals surface area (Å²) in [5.74, 6) is 1.48. The van der Waals surface area contributed by atoms with E-state index >= 15 is 0 Å². The molecule has 23 heavy (non-hydrogen) atoms. The molecule has 0 aliphatic carbocycles. The number of methoxy groups -OCH3 is 2. The molecule has 0 bridgehead atoms. The van der Waals surface area contributed by atoms with E-state index in [0.29, 0.717) is 44.0 Å². The van der Waals surface area contributed by atoms with Gasteiger partial charge in [0.15, 0.2) is 0 Å². The van der Waals surface area contributed by atoms with Crippen molar-refractivity contribution in [1.29, 1.82) is 0 Å². The van der Waals surface area contributed by atoms with Crippen LogP contribution in [0.15, 0.2) is 18.2 Å². The summed E-state index contributed by atoms with van der Waals surface area (Å²) in [6.45, 7) is 3.30. The zero-order valence-electron chi connectivity index (χ0n) is 13.9. The van der Waals surface area contributed by atoms with Gasteiger partial charge in [-0.3, -0.25) is 9.59 Å². The maximum atomic E-state index is 12.3. The third-order valence-electron chi connectivity index (χ3n) is 4.19. The number of amides is 2. The zero-order chi connectivity index (χ0) is 16.8. The molecular weight excluding hydrogens is 296 g/mol. The van der Waals surface area contributed by atoms with Crippen LogP contribution in [-0.2, 0) is 16.1 Å². The highest BCUT2D eigenvalue weighted by molar-refractivity contribution is 5.79. The lowest BCUT2D eigenvalue weighted by molar-refractivity contribution is -0.134. The highest BCUT2D eigenvalue weighted by atomic mass is 16.5. The molecule has 0 spiro atoms. The Balaban J connectivity index is 1.88. The third kappa shape index (κ3) is 4.61. The highest BCUT2D eigenvalue weighted by Gasteiger charge is 2.25. The second kappa shape index (κ2) is 7.85. The van der Waals surface area contributed by atoms with Crippen LogP contribution in [0.5, 0.6) is 11.5 Å². The number of carbonyl (C=O) groups is 2. The Kier molecular flexibility index (Phi) is 5.84. The molecule has 0 saturated carbocycles. The number of carbonyl (C=O) groups excluding carboxylic acids is 2. The van der Waals surface area contributed by atoms with Crippen LogP contribution in [0.1, 0.15) is 25.3 Å². The van der Waals surface area contributed by atoms with Crippen LogP contribution in [0, 0.1) is 5.92 Å². The van der Waals surface area contributed by atoms with Gasteiger partial charge in [0.25, 0.3) is 0 Å². The van der Waals surface area contributed by atoms with Crippen LogP contribution in [0.3, 0.4) is 0 Å². The van der Waals surface area contributed by atoms with Crippen molar-refractivity contribution in [3.8, 4) is 11.5 Å². The van der Waals surface area contributed by atoms with Gasteiger partial charge < -0.3 is 19.7 Å². The van der Waals surface area contributed by atoms with E-state index in [-0.39, 0.29) is 17.7 Å². The van der Waals surface area contributed by atoms with Crippen molar-refractivity contribution in [2.45, 2.75) is 26.3 Å². The monoisotopic (exact) mass is 320 g/mol. The number of rotatable bonds is 5. The summed E-state index contributed by atoms with van der Waals surface area (Å²) in [5, 5.41) is 2.96. The number of hydrogen-bond donors (Lipinski definition) is 1. The number of hydrogen-bond acceptors (Lipinski definition) is 4. The van der Waals surface area contributed by atoms with E-state index in [1.807, 2.05) is 12.1 Å². The van der Waals surface area contributed by atoms with Crippen molar-refractivity contribution in [3.05, 3.63) is 23.8 Å². The number of nitrogens with zero attached hydrogens (tertiary/aromatic N) is 1. The van der Waals surface area contributed by atoms with Crippen LogP contribution in [0.25, 0.3) is 0 Å². The summed E-state index contributed by atoms with van der Waals surface area (Å²) >= 11 is 0. The quantitative estimate of drug-likeness (QED) is 0.894. The number of piperidine rings is 1. The molecule has 0 radical (unpaired) electrons. The first-order valence-electron chi connectivity index (χ1n) is 7.78. The molecule has 1 aliphatic heterocycles. The largest absolute Gasteiger partial charge is 0.497 e. The average molecular weight is 320 g/mol. The minimum absolute atomic E-state index is 0.0295. The summed E-state index contributed by atoms with van der Waals surface area (Å²) in [6.07, 6.45) is 1.43. The Morgan fingerprint density at radius 1 is 1.13 bits per heavy atom. The normalized spacial score (nSPS) is 15.2. The lowest BCUT2D eigenvalue weighted by Gasteiger charge is -2.30. The first-order chi connectivity index (χ1) is 11.0. The second-order valence-electron chi connectivity index (χ2n) is 5.72. The molecule has 6 heteroatoms. The first kappa shape index (κ1) is 17.1. The molecule has 0 atom stereocenters. The third-order valence-corrected chi connectivity index (χ3v) is 4.19. The molecule has 126 valence electrons. The summed E-state index contributed by atoms with van der Waals surface area (Å²) in [4.78, 5) is 25.4. The molecule has 1 aromatic rings. The van der Waals surface area contributed by atoms with Crippen molar-refractivity contribution in [2.24, 2.45) is 5.92 Å². The predicted molar refractivity (Wildman–Crippen MR) is 86.4 cm³/mol. The van der Waals surface area contributed by atoms with Crippen molar-refractivity contribution >= 4 is 11.8 Å². The van der Waals surface area contributed by atoms with Crippen LogP contribution >= 0.6 is 0 Å². The molecule has 6 nitrogen and oxygen atoms in total. The van der Waals surface area contributed by atoms with Gasteiger partial charge in [-0.25, -0.2) is 0 Å². The Morgan fingerprint density at radius 3 is 2.17 bits per heavy atom. The van der Waals surface area contributed by atoms with E-state index in [1.54, 1.807) is 32.1 Å². The molecule has 1 N–H and O–H groups in total. The van der Waals surface area contributed by atoms with Gasteiger partial charge in [-0.2, -0.15) is 0 Å². The lowest BCUT2D eigenvalue weighted by Crippen LogP contribution is -2.42. The number of ether oxygens (including phenoxy) is 2. The summed E-state index contributed by atoms with van der Waals surface area (Å²) < 4.78 is 10.4. The van der Waals surface area contributed by atoms with Gasteiger partial charge in [0.1, 0.15) is 11.5 Å². The van der Waals surface area contributed by atoms with E-state index in [1.165, 1.54) is 0 Å². The van der Waals surface area contributed by atoms with E-state index < -0.39 is 0 Å². The number of likely N-dealkylation sites (tertiary alicyclic amines) is 1. The second-order valence-corrected chi connectivity index (χ2v) is 5.72. The topological polar surface area (TPSA) is 67.9 Å². The van der Waals surface area contributed by atoms with Crippen molar-refractivity contribution in [3.63, 3.8) is 0 Å². The summed E-state index contributed by atoms with van der Waals surface area (Å²) in [6, 6.07) is 5.55. The van der Waals surface area contributed by atoms with E-state index in [4.69, 9.17) is 9.47 Å². The smallest absolute Gasteiger partial charge is 0.223 e. The molecular formula is C17H24N2O4. The van der Waals surface area contributed by atoms with Crippen molar-refractivity contribution < 1.29 is 19.1 Å². The van der Waals surface area contributed by atoms with Crippen LogP contribution < -0.4 is 14.8 Å². The maximum Gasteiger partial charge on any atom is 0.223 e. The molecule has 1 aromatic carbocycles. The number of benzene rings is 1. The Hall–Kier alpha value is -2.24. The van der Waals surface area contributed by atoms with Crippen molar-refractivity contribution in [2.75, 3.05) is 27.3 Å². The molecule has 1 heterocycles. The maximum absolute atomic E-state index is 12.3. The van der Waals surface area contributed by atoms with Crippen LogP contribution in [0.4, 0.5) is 0 Å². The molecule has 1 saturated heterocycles. The standard InChI is InChI=1S/C17H24N2O4/c1-12(20)19-6-4-14(5-7-19)17(21)18-11-13-8-15(22-2)10-16(9-13)23-3/h8-10,14H,4-7,11H2,1-3H3,(H,18,21). The predicted octanol–water partition coefficient (Wildman–Crippen LogP) is 1.58. The van der Waals surface area contributed by atoms with E-state index in [0.717, 1.165) is 5.56 Å². The van der Waals surface area contributed by atoms with E-state index in [9.17, 15) is 9.59 Å². The van der Waals surface area contributed by atoms with Gasteiger partial charge in [0.05, 0.1) is 14.2 Å².